The molecule has 12 rings (SSSR count). The molecule has 9 aromatic carbocycles. The standard InChI is InChI=1S/C52H32N4/c1-4-14-34(15-5-1)50-51(35-16-6-2-7-17-35)54-52-42(53-50)29-26-33-24-25-36-32-38(27-28-39(36)47(33)52)56-44-23-13-11-21-41(44)49-46(56)31-30-45-48(49)40-20-10-12-22-43(40)55(45)37-18-8-3-9-19-37/h1-32H. The van der Waals surface area contributed by atoms with Crippen LogP contribution < -0.4 is 0 Å². The van der Waals surface area contributed by atoms with E-state index in [4.69, 9.17) is 9.97 Å². The van der Waals surface area contributed by atoms with Crippen molar-refractivity contribution in [1.29, 1.82) is 0 Å². The second-order valence-corrected chi connectivity index (χ2v) is 14.5. The van der Waals surface area contributed by atoms with Crippen LogP contribution in [0.15, 0.2) is 194 Å². The van der Waals surface area contributed by atoms with Gasteiger partial charge in [0.15, 0.2) is 0 Å². The summed E-state index contributed by atoms with van der Waals surface area (Å²) in [5, 5.41) is 9.62. The smallest absolute Gasteiger partial charge is 0.0979 e. The Hall–Kier alpha value is -7.56. The van der Waals surface area contributed by atoms with E-state index in [2.05, 4.69) is 191 Å². The molecule has 0 fully saturated rings. The Morgan fingerprint density at radius 3 is 1.48 bits per heavy atom. The van der Waals surface area contributed by atoms with E-state index >= 15 is 0 Å². The lowest BCUT2D eigenvalue weighted by Gasteiger charge is -2.14. The number of rotatable bonds is 4. The Morgan fingerprint density at radius 2 is 0.839 bits per heavy atom. The Morgan fingerprint density at radius 1 is 0.321 bits per heavy atom. The highest BCUT2D eigenvalue weighted by molar-refractivity contribution is 6.29. The molecule has 260 valence electrons. The van der Waals surface area contributed by atoms with Crippen molar-refractivity contribution < 1.29 is 0 Å². The predicted octanol–water partition coefficient (Wildman–Crippen LogP) is 13.5. The summed E-state index contributed by atoms with van der Waals surface area (Å²) in [5.74, 6) is 0. The monoisotopic (exact) mass is 712 g/mol. The van der Waals surface area contributed by atoms with Gasteiger partial charge in [-0.05, 0) is 70.8 Å². The highest BCUT2D eigenvalue weighted by atomic mass is 15.0. The fourth-order valence-corrected chi connectivity index (χ4v) is 9.04. The molecular formula is C52H32N4. The Labute approximate surface area is 322 Å². The van der Waals surface area contributed by atoms with Crippen LogP contribution in [0.1, 0.15) is 0 Å². The third-order valence-electron chi connectivity index (χ3n) is 11.5. The van der Waals surface area contributed by atoms with Crippen molar-refractivity contribution >= 4 is 76.2 Å². The third kappa shape index (κ3) is 4.47. The van der Waals surface area contributed by atoms with Gasteiger partial charge < -0.3 is 9.13 Å². The average molecular weight is 713 g/mol. The second kappa shape index (κ2) is 12.0. The second-order valence-electron chi connectivity index (χ2n) is 14.5. The van der Waals surface area contributed by atoms with E-state index in [0.29, 0.717) is 0 Å². The van der Waals surface area contributed by atoms with E-state index in [9.17, 15) is 0 Å². The zero-order valence-corrected chi connectivity index (χ0v) is 30.3. The minimum atomic E-state index is 0.883. The number of hydrogen-bond acceptors (Lipinski definition) is 2. The molecule has 0 atom stereocenters. The fourth-order valence-electron chi connectivity index (χ4n) is 9.04. The summed E-state index contributed by atoms with van der Waals surface area (Å²) >= 11 is 0. The van der Waals surface area contributed by atoms with Gasteiger partial charge in [-0.25, -0.2) is 9.97 Å². The molecule has 4 nitrogen and oxygen atoms in total. The van der Waals surface area contributed by atoms with Crippen molar-refractivity contribution in [2.45, 2.75) is 0 Å². The highest BCUT2D eigenvalue weighted by Gasteiger charge is 2.21. The number of benzene rings is 9. The molecule has 0 unspecified atom stereocenters. The van der Waals surface area contributed by atoms with E-state index in [1.165, 1.54) is 43.6 Å². The van der Waals surface area contributed by atoms with Crippen molar-refractivity contribution in [3.8, 4) is 33.9 Å². The molecule has 4 heteroatoms. The van der Waals surface area contributed by atoms with Gasteiger partial charge in [-0.1, -0.05) is 140 Å². The molecule has 0 bridgehead atoms. The van der Waals surface area contributed by atoms with Crippen LogP contribution in [0.3, 0.4) is 0 Å². The van der Waals surface area contributed by atoms with E-state index in [-0.39, 0.29) is 0 Å². The largest absolute Gasteiger partial charge is 0.309 e. The maximum atomic E-state index is 5.46. The number of para-hydroxylation sites is 3. The van der Waals surface area contributed by atoms with Crippen molar-refractivity contribution in [1.82, 2.24) is 19.1 Å². The molecule has 0 saturated heterocycles. The minimum Gasteiger partial charge on any atom is -0.309 e. The van der Waals surface area contributed by atoms with Crippen molar-refractivity contribution in [3.05, 3.63) is 194 Å². The highest BCUT2D eigenvalue weighted by Crippen LogP contribution is 2.43. The lowest BCUT2D eigenvalue weighted by molar-refractivity contribution is 1.17. The lowest BCUT2D eigenvalue weighted by atomic mass is 9.98. The maximum absolute atomic E-state index is 5.46. The zero-order chi connectivity index (χ0) is 36.7. The molecule has 0 aliphatic carbocycles. The first-order chi connectivity index (χ1) is 27.8. The van der Waals surface area contributed by atoms with Crippen LogP contribution in [0.25, 0.3) is 110 Å². The molecule has 0 saturated carbocycles. The van der Waals surface area contributed by atoms with Crippen molar-refractivity contribution in [2.24, 2.45) is 0 Å². The van der Waals surface area contributed by atoms with E-state index in [1.807, 2.05) is 12.1 Å². The Balaban J connectivity index is 1.11. The maximum Gasteiger partial charge on any atom is 0.0979 e. The molecule has 0 aliphatic heterocycles. The Kier molecular flexibility index (Phi) is 6.60. The van der Waals surface area contributed by atoms with Gasteiger partial charge in [0.1, 0.15) is 0 Å². The molecule has 3 aromatic heterocycles. The number of fused-ring (bicyclic) bond motifs is 12. The zero-order valence-electron chi connectivity index (χ0n) is 30.3. The molecule has 12 aromatic rings. The van der Waals surface area contributed by atoms with Gasteiger partial charge in [-0.3, -0.25) is 0 Å². The molecule has 0 spiro atoms. The average Bonchev–Trinajstić information content (AvgIpc) is 3.79. The molecule has 3 heterocycles. The quantitative estimate of drug-likeness (QED) is 0.170. The van der Waals surface area contributed by atoms with E-state index in [1.54, 1.807) is 0 Å². The molecule has 0 aliphatic rings. The minimum absolute atomic E-state index is 0.883. The molecule has 0 radical (unpaired) electrons. The summed E-state index contributed by atoms with van der Waals surface area (Å²) in [5.41, 5.74) is 12.7. The van der Waals surface area contributed by atoms with Gasteiger partial charge >= 0.3 is 0 Å². The fraction of sp³-hybridized carbons (Fsp3) is 0. The summed E-state index contributed by atoms with van der Waals surface area (Å²) in [6, 6.07) is 69.4. The van der Waals surface area contributed by atoms with E-state index < -0.39 is 0 Å². The SMILES string of the molecule is c1ccc(-c2nc3ccc4ccc5cc(-n6c7ccccc7c7c8c9ccccc9n(-c9ccccc9)c8ccc76)ccc5c4c3nc2-c2ccccc2)cc1. The lowest BCUT2D eigenvalue weighted by Crippen LogP contribution is -1.97. The summed E-state index contributed by atoms with van der Waals surface area (Å²) in [6.07, 6.45) is 0. The van der Waals surface area contributed by atoms with Crippen LogP contribution in [0.5, 0.6) is 0 Å². The van der Waals surface area contributed by atoms with Gasteiger partial charge in [-0.2, -0.15) is 0 Å². The van der Waals surface area contributed by atoms with Crippen LogP contribution >= 0.6 is 0 Å². The van der Waals surface area contributed by atoms with Crippen LogP contribution in [-0.2, 0) is 0 Å². The van der Waals surface area contributed by atoms with Gasteiger partial charge in [0, 0.05) is 49.4 Å². The topological polar surface area (TPSA) is 35.6 Å². The number of aromatic nitrogens is 4. The summed E-state index contributed by atoms with van der Waals surface area (Å²) in [7, 11) is 0. The molecular weight excluding hydrogens is 681 g/mol. The van der Waals surface area contributed by atoms with Crippen molar-refractivity contribution in [3.63, 3.8) is 0 Å². The Bertz CT molecular complexity index is 3510. The first-order valence-corrected chi connectivity index (χ1v) is 19.1. The van der Waals surface area contributed by atoms with Crippen LogP contribution in [0, 0.1) is 0 Å². The summed E-state index contributed by atoms with van der Waals surface area (Å²) in [4.78, 5) is 10.8. The van der Waals surface area contributed by atoms with Gasteiger partial charge in [0.2, 0.25) is 0 Å². The van der Waals surface area contributed by atoms with E-state index in [0.717, 1.165) is 66.5 Å². The number of nitrogens with zero attached hydrogens (tertiary/aromatic N) is 4. The van der Waals surface area contributed by atoms with Crippen LogP contribution in [-0.4, -0.2) is 19.1 Å². The molecule has 0 N–H and O–H groups in total. The van der Waals surface area contributed by atoms with Crippen LogP contribution in [0.4, 0.5) is 0 Å². The summed E-state index contributed by atoms with van der Waals surface area (Å²) < 4.78 is 4.83. The van der Waals surface area contributed by atoms with Gasteiger partial charge in [0.25, 0.3) is 0 Å². The normalized spacial score (nSPS) is 11.9. The molecule has 0 amide bonds. The van der Waals surface area contributed by atoms with Crippen molar-refractivity contribution in [2.75, 3.05) is 0 Å². The predicted molar refractivity (Wildman–Crippen MR) is 234 cm³/mol. The summed E-state index contributed by atoms with van der Waals surface area (Å²) in [6.45, 7) is 0. The van der Waals surface area contributed by atoms with Gasteiger partial charge in [0.05, 0.1) is 44.5 Å². The molecule has 56 heavy (non-hydrogen) atoms. The van der Waals surface area contributed by atoms with Crippen LogP contribution in [0.2, 0.25) is 0 Å². The third-order valence-corrected chi connectivity index (χ3v) is 11.5. The van der Waals surface area contributed by atoms with Gasteiger partial charge in [-0.15, -0.1) is 0 Å². The number of hydrogen-bond donors (Lipinski definition) is 0. The first kappa shape index (κ1) is 30.9. The first-order valence-electron chi connectivity index (χ1n) is 19.1.